The first-order valence-corrected chi connectivity index (χ1v) is 11.1. The molecular weight excluding hydrogens is 340 g/mol. The van der Waals surface area contributed by atoms with E-state index in [1.165, 1.54) is 68.3 Å². The molecule has 0 amide bonds. The van der Waals surface area contributed by atoms with Crippen molar-refractivity contribution in [2.24, 2.45) is 11.8 Å². The summed E-state index contributed by atoms with van der Waals surface area (Å²) in [4.78, 5) is 2.68. The lowest BCUT2D eigenvalue weighted by atomic mass is 9.82. The number of hydrogen-bond donors (Lipinski definition) is 0. The highest BCUT2D eigenvalue weighted by Crippen LogP contribution is 2.41. The fraction of sp³-hybridized carbons (Fsp3) is 0.462. The predicted octanol–water partition coefficient (Wildman–Crippen LogP) is 5.72. The van der Waals surface area contributed by atoms with Crippen LogP contribution in [0.3, 0.4) is 0 Å². The van der Waals surface area contributed by atoms with Gasteiger partial charge in [-0.3, -0.25) is 0 Å². The van der Waals surface area contributed by atoms with Crippen LogP contribution in [-0.2, 0) is 13.0 Å². The van der Waals surface area contributed by atoms with Crippen molar-refractivity contribution in [3.05, 3.63) is 71.9 Å². The minimum absolute atomic E-state index is 0.698. The van der Waals surface area contributed by atoms with Crippen LogP contribution in [0, 0.1) is 11.8 Å². The van der Waals surface area contributed by atoms with Crippen LogP contribution in [0.2, 0.25) is 0 Å². The van der Waals surface area contributed by atoms with E-state index in [2.05, 4.69) is 77.1 Å². The van der Waals surface area contributed by atoms with Crippen molar-refractivity contribution in [1.29, 1.82) is 0 Å². The van der Waals surface area contributed by atoms with Crippen molar-refractivity contribution in [1.82, 2.24) is 9.47 Å². The molecule has 0 aliphatic carbocycles. The number of fused-ring (bicyclic) bond motifs is 3. The number of likely N-dealkylation sites (tertiary alicyclic amines) is 1. The Kier molecular flexibility index (Phi) is 4.98. The lowest BCUT2D eigenvalue weighted by Crippen LogP contribution is -2.35. The molecule has 2 aromatic carbocycles. The van der Waals surface area contributed by atoms with Gasteiger partial charge in [-0.2, -0.15) is 0 Å². The molecule has 1 fully saturated rings. The Bertz CT molecular complexity index is 918. The molecule has 2 unspecified atom stereocenters. The molecule has 1 aromatic heterocycles. The van der Waals surface area contributed by atoms with E-state index in [-0.39, 0.29) is 0 Å². The SMILES string of the molecule is CC1c2cc3ccccc3n2CC1CC1CCN(CCc2ccccc2)CC1. The minimum atomic E-state index is 0.698. The van der Waals surface area contributed by atoms with Gasteiger partial charge in [-0.15, -0.1) is 0 Å². The summed E-state index contributed by atoms with van der Waals surface area (Å²) in [6.45, 7) is 7.46. The van der Waals surface area contributed by atoms with E-state index in [1.54, 1.807) is 5.69 Å². The summed E-state index contributed by atoms with van der Waals surface area (Å²) < 4.78 is 2.60. The van der Waals surface area contributed by atoms with Crippen LogP contribution in [0.4, 0.5) is 0 Å². The van der Waals surface area contributed by atoms with E-state index in [0.717, 1.165) is 11.8 Å². The zero-order chi connectivity index (χ0) is 18.9. The largest absolute Gasteiger partial charge is 0.344 e. The molecule has 146 valence electrons. The molecule has 0 N–H and O–H groups in total. The number of rotatable bonds is 5. The maximum absolute atomic E-state index is 2.68. The van der Waals surface area contributed by atoms with Crippen LogP contribution in [-0.4, -0.2) is 29.1 Å². The Balaban J connectivity index is 1.14. The molecule has 0 radical (unpaired) electrons. The number of benzene rings is 2. The summed E-state index contributed by atoms with van der Waals surface area (Å²) >= 11 is 0. The van der Waals surface area contributed by atoms with Gasteiger partial charge in [0, 0.05) is 30.2 Å². The maximum Gasteiger partial charge on any atom is 0.0482 e. The second-order valence-electron chi connectivity index (χ2n) is 9.04. The minimum Gasteiger partial charge on any atom is -0.344 e. The van der Waals surface area contributed by atoms with Gasteiger partial charge in [0.15, 0.2) is 0 Å². The molecule has 5 rings (SSSR count). The van der Waals surface area contributed by atoms with Gasteiger partial charge in [0.2, 0.25) is 0 Å². The fourth-order valence-corrected chi connectivity index (χ4v) is 5.53. The lowest BCUT2D eigenvalue weighted by Gasteiger charge is -2.33. The Morgan fingerprint density at radius 2 is 1.68 bits per heavy atom. The molecule has 2 heteroatoms. The van der Waals surface area contributed by atoms with Gasteiger partial charge in [0.1, 0.15) is 0 Å². The zero-order valence-electron chi connectivity index (χ0n) is 17.1. The highest BCUT2D eigenvalue weighted by Gasteiger charge is 2.33. The molecule has 3 aromatic rings. The topological polar surface area (TPSA) is 8.17 Å². The summed E-state index contributed by atoms with van der Waals surface area (Å²) in [6, 6.07) is 22.3. The van der Waals surface area contributed by atoms with Gasteiger partial charge in [0.05, 0.1) is 0 Å². The Labute approximate surface area is 169 Å². The van der Waals surface area contributed by atoms with Crippen molar-refractivity contribution in [2.45, 2.75) is 45.1 Å². The molecule has 0 bridgehead atoms. The molecule has 28 heavy (non-hydrogen) atoms. The Morgan fingerprint density at radius 3 is 2.50 bits per heavy atom. The van der Waals surface area contributed by atoms with Gasteiger partial charge >= 0.3 is 0 Å². The monoisotopic (exact) mass is 372 g/mol. The van der Waals surface area contributed by atoms with Crippen LogP contribution in [0.15, 0.2) is 60.7 Å². The number of para-hydroxylation sites is 1. The quantitative estimate of drug-likeness (QED) is 0.556. The van der Waals surface area contributed by atoms with Crippen LogP contribution in [0.1, 0.15) is 43.4 Å². The second kappa shape index (κ2) is 7.75. The highest BCUT2D eigenvalue weighted by atomic mass is 15.1. The first kappa shape index (κ1) is 18.0. The van der Waals surface area contributed by atoms with Crippen LogP contribution in [0.5, 0.6) is 0 Å². The van der Waals surface area contributed by atoms with E-state index in [0.29, 0.717) is 5.92 Å². The molecule has 3 heterocycles. The third-order valence-corrected chi connectivity index (χ3v) is 7.34. The number of hydrogen-bond acceptors (Lipinski definition) is 1. The summed E-state index contributed by atoms with van der Waals surface area (Å²) in [6.07, 6.45) is 5.36. The van der Waals surface area contributed by atoms with Crippen molar-refractivity contribution >= 4 is 10.9 Å². The highest BCUT2D eigenvalue weighted by molar-refractivity contribution is 5.81. The summed E-state index contributed by atoms with van der Waals surface area (Å²) in [5.74, 6) is 2.43. The van der Waals surface area contributed by atoms with Gasteiger partial charge < -0.3 is 9.47 Å². The Morgan fingerprint density at radius 1 is 0.929 bits per heavy atom. The zero-order valence-corrected chi connectivity index (χ0v) is 17.1. The average molecular weight is 373 g/mol. The van der Waals surface area contributed by atoms with E-state index >= 15 is 0 Å². The van der Waals surface area contributed by atoms with E-state index in [1.807, 2.05) is 0 Å². The third kappa shape index (κ3) is 3.51. The second-order valence-corrected chi connectivity index (χ2v) is 9.04. The van der Waals surface area contributed by atoms with E-state index < -0.39 is 0 Å². The average Bonchev–Trinajstić information content (AvgIpc) is 3.25. The molecule has 2 aliphatic rings. The van der Waals surface area contributed by atoms with E-state index in [4.69, 9.17) is 0 Å². The predicted molar refractivity (Wildman–Crippen MR) is 118 cm³/mol. The first-order valence-electron chi connectivity index (χ1n) is 11.1. The van der Waals surface area contributed by atoms with Crippen LogP contribution < -0.4 is 0 Å². The summed E-state index contributed by atoms with van der Waals surface area (Å²) in [5, 5.41) is 1.41. The number of nitrogens with zero attached hydrogens (tertiary/aromatic N) is 2. The third-order valence-electron chi connectivity index (χ3n) is 7.34. The van der Waals surface area contributed by atoms with Crippen molar-refractivity contribution in [2.75, 3.05) is 19.6 Å². The normalized spacial score (nSPS) is 23.3. The molecule has 2 aliphatic heterocycles. The standard InChI is InChI=1S/C26H32N2/c1-20-24(19-28-25-10-6-5-9-23(25)18-26(20)28)17-22-12-15-27(16-13-22)14-11-21-7-3-2-4-8-21/h2-10,18,20,22,24H,11-17,19H2,1H3. The molecule has 2 nitrogen and oxygen atoms in total. The lowest BCUT2D eigenvalue weighted by molar-refractivity contribution is 0.164. The van der Waals surface area contributed by atoms with Crippen molar-refractivity contribution in [3.8, 4) is 0 Å². The van der Waals surface area contributed by atoms with Gasteiger partial charge in [-0.25, -0.2) is 0 Å². The fourth-order valence-electron chi connectivity index (χ4n) is 5.53. The molecular formula is C26H32N2. The van der Waals surface area contributed by atoms with E-state index in [9.17, 15) is 0 Å². The summed E-state index contributed by atoms with van der Waals surface area (Å²) in [5.41, 5.74) is 4.47. The van der Waals surface area contributed by atoms with Crippen molar-refractivity contribution in [3.63, 3.8) is 0 Å². The first-order chi connectivity index (χ1) is 13.8. The van der Waals surface area contributed by atoms with Crippen LogP contribution >= 0.6 is 0 Å². The Hall–Kier alpha value is -2.06. The van der Waals surface area contributed by atoms with Crippen molar-refractivity contribution < 1.29 is 0 Å². The molecule has 1 saturated heterocycles. The van der Waals surface area contributed by atoms with Gasteiger partial charge in [0.25, 0.3) is 0 Å². The number of piperidine rings is 1. The van der Waals surface area contributed by atoms with Crippen LogP contribution in [0.25, 0.3) is 10.9 Å². The molecule has 2 atom stereocenters. The molecule has 0 spiro atoms. The smallest absolute Gasteiger partial charge is 0.0482 e. The number of aromatic nitrogens is 1. The maximum atomic E-state index is 2.68. The van der Waals surface area contributed by atoms with Gasteiger partial charge in [-0.1, -0.05) is 55.5 Å². The summed E-state index contributed by atoms with van der Waals surface area (Å²) in [7, 11) is 0. The van der Waals surface area contributed by atoms with Gasteiger partial charge in [-0.05, 0) is 73.7 Å². The molecule has 0 saturated carbocycles.